The van der Waals surface area contributed by atoms with E-state index in [1.807, 2.05) is 19.9 Å². The van der Waals surface area contributed by atoms with Crippen LogP contribution in [0.2, 0.25) is 0 Å². The van der Waals surface area contributed by atoms with Gasteiger partial charge in [-0.3, -0.25) is 0 Å². The van der Waals surface area contributed by atoms with Crippen LogP contribution in [0.1, 0.15) is 29.8 Å². The zero-order valence-corrected chi connectivity index (χ0v) is 12.6. The lowest BCUT2D eigenvalue weighted by atomic mass is 10.2. The van der Waals surface area contributed by atoms with E-state index in [2.05, 4.69) is 32.3 Å². The first-order chi connectivity index (χ1) is 10.2. The molecule has 0 atom stereocenters. The Morgan fingerprint density at radius 2 is 1.81 bits per heavy atom. The third-order valence-corrected chi connectivity index (χ3v) is 3.73. The van der Waals surface area contributed by atoms with Gasteiger partial charge in [-0.05, 0) is 38.8 Å². The first-order valence-corrected chi connectivity index (χ1v) is 7.47. The topological polar surface area (TPSA) is 53.9 Å². The molecule has 0 aromatic carbocycles. The van der Waals surface area contributed by atoms with Crippen molar-refractivity contribution < 1.29 is 0 Å². The van der Waals surface area contributed by atoms with Crippen LogP contribution in [0, 0.1) is 13.8 Å². The number of hydrogen-bond acceptors (Lipinski definition) is 5. The molecular formula is C16H21N5. The van der Waals surface area contributed by atoms with Gasteiger partial charge in [0.2, 0.25) is 5.95 Å². The fourth-order valence-electron chi connectivity index (χ4n) is 2.62. The van der Waals surface area contributed by atoms with Gasteiger partial charge < -0.3 is 10.2 Å². The van der Waals surface area contributed by atoms with Crippen molar-refractivity contribution in [2.45, 2.75) is 33.2 Å². The second kappa shape index (κ2) is 6.08. The van der Waals surface area contributed by atoms with E-state index < -0.39 is 0 Å². The van der Waals surface area contributed by atoms with Crippen LogP contribution in [0.5, 0.6) is 0 Å². The lowest BCUT2D eigenvalue weighted by Gasteiger charge is -2.20. The van der Waals surface area contributed by atoms with Gasteiger partial charge in [0.15, 0.2) is 0 Å². The Morgan fingerprint density at radius 1 is 1.05 bits per heavy atom. The number of anilines is 2. The molecule has 0 bridgehead atoms. The Labute approximate surface area is 125 Å². The maximum absolute atomic E-state index is 4.73. The van der Waals surface area contributed by atoms with Crippen LogP contribution in [0.15, 0.2) is 24.4 Å². The summed E-state index contributed by atoms with van der Waals surface area (Å²) in [5.74, 6) is 1.77. The standard InChI is InChI=1S/C16H21N5/c1-12-5-6-14(15(19-12)21-9-3-4-10-21)11-18-16-17-8-7-13(2)20-16/h5-8H,3-4,9-11H2,1-2H3,(H,17,18,20). The summed E-state index contributed by atoms with van der Waals surface area (Å²) in [7, 11) is 0. The lowest BCUT2D eigenvalue weighted by molar-refractivity contribution is 0.903. The van der Waals surface area contributed by atoms with Crippen molar-refractivity contribution in [2.75, 3.05) is 23.3 Å². The fraction of sp³-hybridized carbons (Fsp3) is 0.438. The number of rotatable bonds is 4. The summed E-state index contributed by atoms with van der Waals surface area (Å²) in [6.45, 7) is 6.91. The molecule has 110 valence electrons. The normalized spacial score (nSPS) is 14.5. The van der Waals surface area contributed by atoms with E-state index in [9.17, 15) is 0 Å². The lowest BCUT2D eigenvalue weighted by Crippen LogP contribution is -2.22. The van der Waals surface area contributed by atoms with Crippen LogP contribution in [0.4, 0.5) is 11.8 Å². The van der Waals surface area contributed by atoms with Crippen molar-refractivity contribution in [2.24, 2.45) is 0 Å². The average Bonchev–Trinajstić information content (AvgIpc) is 3.00. The molecule has 0 saturated carbocycles. The van der Waals surface area contributed by atoms with Gasteiger partial charge in [-0.25, -0.2) is 15.0 Å². The summed E-state index contributed by atoms with van der Waals surface area (Å²) >= 11 is 0. The molecule has 1 N–H and O–H groups in total. The molecule has 21 heavy (non-hydrogen) atoms. The quantitative estimate of drug-likeness (QED) is 0.935. The minimum Gasteiger partial charge on any atom is -0.356 e. The van der Waals surface area contributed by atoms with Crippen molar-refractivity contribution in [3.8, 4) is 0 Å². The van der Waals surface area contributed by atoms with E-state index in [0.29, 0.717) is 12.5 Å². The highest BCUT2D eigenvalue weighted by Gasteiger charge is 2.17. The molecule has 2 aromatic heterocycles. The van der Waals surface area contributed by atoms with Gasteiger partial charge in [-0.1, -0.05) is 6.07 Å². The van der Waals surface area contributed by atoms with Crippen molar-refractivity contribution >= 4 is 11.8 Å². The van der Waals surface area contributed by atoms with Gasteiger partial charge in [0.05, 0.1) is 0 Å². The summed E-state index contributed by atoms with van der Waals surface area (Å²) in [6.07, 6.45) is 4.28. The molecule has 1 saturated heterocycles. The number of hydrogen-bond donors (Lipinski definition) is 1. The van der Waals surface area contributed by atoms with Crippen LogP contribution in [0.25, 0.3) is 0 Å². The third kappa shape index (κ3) is 3.29. The highest BCUT2D eigenvalue weighted by atomic mass is 15.2. The number of nitrogens with one attached hydrogen (secondary N) is 1. The number of aryl methyl sites for hydroxylation is 2. The SMILES string of the molecule is Cc1ccnc(NCc2ccc(C)nc2N2CCCC2)n1. The van der Waals surface area contributed by atoms with E-state index >= 15 is 0 Å². The summed E-state index contributed by atoms with van der Waals surface area (Å²) in [5.41, 5.74) is 3.23. The van der Waals surface area contributed by atoms with Gasteiger partial charge in [0.1, 0.15) is 5.82 Å². The molecule has 2 aromatic rings. The van der Waals surface area contributed by atoms with Crippen molar-refractivity contribution in [1.82, 2.24) is 15.0 Å². The van der Waals surface area contributed by atoms with Crippen LogP contribution < -0.4 is 10.2 Å². The van der Waals surface area contributed by atoms with E-state index in [-0.39, 0.29) is 0 Å². The Morgan fingerprint density at radius 3 is 2.57 bits per heavy atom. The molecule has 3 heterocycles. The zero-order chi connectivity index (χ0) is 14.7. The maximum Gasteiger partial charge on any atom is 0.223 e. The molecule has 0 unspecified atom stereocenters. The predicted molar refractivity (Wildman–Crippen MR) is 84.5 cm³/mol. The van der Waals surface area contributed by atoms with E-state index in [4.69, 9.17) is 4.98 Å². The molecule has 1 aliphatic heterocycles. The molecule has 0 aliphatic carbocycles. The van der Waals surface area contributed by atoms with E-state index in [1.54, 1.807) is 6.20 Å². The van der Waals surface area contributed by atoms with Gasteiger partial charge in [0, 0.05) is 42.8 Å². The van der Waals surface area contributed by atoms with Crippen LogP contribution in [0.3, 0.4) is 0 Å². The monoisotopic (exact) mass is 283 g/mol. The maximum atomic E-state index is 4.73. The molecule has 5 nitrogen and oxygen atoms in total. The largest absolute Gasteiger partial charge is 0.356 e. The zero-order valence-electron chi connectivity index (χ0n) is 12.6. The molecule has 0 radical (unpaired) electrons. The van der Waals surface area contributed by atoms with Crippen molar-refractivity contribution in [3.63, 3.8) is 0 Å². The highest BCUT2D eigenvalue weighted by molar-refractivity contribution is 5.49. The number of aromatic nitrogens is 3. The Kier molecular flexibility index (Phi) is 3.99. The van der Waals surface area contributed by atoms with E-state index in [0.717, 1.165) is 30.3 Å². The Hall–Kier alpha value is -2.17. The van der Waals surface area contributed by atoms with Crippen LogP contribution >= 0.6 is 0 Å². The molecule has 3 rings (SSSR count). The molecule has 0 amide bonds. The summed E-state index contributed by atoms with van der Waals surface area (Å²) in [4.78, 5) is 15.7. The van der Waals surface area contributed by atoms with Gasteiger partial charge in [-0.15, -0.1) is 0 Å². The summed E-state index contributed by atoms with van der Waals surface area (Å²) in [5, 5.41) is 3.30. The van der Waals surface area contributed by atoms with E-state index in [1.165, 1.54) is 18.4 Å². The van der Waals surface area contributed by atoms with Crippen LogP contribution in [-0.4, -0.2) is 28.0 Å². The number of pyridine rings is 1. The number of nitrogens with zero attached hydrogens (tertiary/aromatic N) is 4. The van der Waals surface area contributed by atoms with Crippen molar-refractivity contribution in [3.05, 3.63) is 41.3 Å². The van der Waals surface area contributed by atoms with Gasteiger partial charge in [-0.2, -0.15) is 0 Å². The van der Waals surface area contributed by atoms with Gasteiger partial charge in [0.25, 0.3) is 0 Å². The smallest absolute Gasteiger partial charge is 0.223 e. The molecule has 1 aliphatic rings. The summed E-state index contributed by atoms with van der Waals surface area (Å²) < 4.78 is 0. The van der Waals surface area contributed by atoms with Gasteiger partial charge >= 0.3 is 0 Å². The predicted octanol–water partition coefficient (Wildman–Crippen LogP) is 2.70. The second-order valence-electron chi connectivity index (χ2n) is 5.50. The molecule has 5 heteroatoms. The Bertz CT molecular complexity index is 620. The Balaban J connectivity index is 1.78. The summed E-state index contributed by atoms with van der Waals surface area (Å²) in [6, 6.07) is 6.11. The minimum absolute atomic E-state index is 0.669. The average molecular weight is 283 g/mol. The molecule has 1 fully saturated rings. The molecule has 0 spiro atoms. The van der Waals surface area contributed by atoms with Crippen molar-refractivity contribution in [1.29, 1.82) is 0 Å². The first-order valence-electron chi connectivity index (χ1n) is 7.47. The first kappa shape index (κ1) is 13.8. The minimum atomic E-state index is 0.669. The third-order valence-electron chi connectivity index (χ3n) is 3.73. The highest BCUT2D eigenvalue weighted by Crippen LogP contribution is 2.23. The molecular weight excluding hydrogens is 262 g/mol. The fourth-order valence-corrected chi connectivity index (χ4v) is 2.62. The second-order valence-corrected chi connectivity index (χ2v) is 5.50. The van der Waals surface area contributed by atoms with Crippen LogP contribution in [-0.2, 0) is 6.54 Å².